The van der Waals surface area contributed by atoms with E-state index in [0.717, 1.165) is 37.4 Å². The van der Waals surface area contributed by atoms with Crippen LogP contribution in [0, 0.1) is 0 Å². The van der Waals surface area contributed by atoms with Gasteiger partial charge in [-0.2, -0.15) is 0 Å². The highest BCUT2D eigenvalue weighted by atomic mass is 16.5. The lowest BCUT2D eigenvalue weighted by Crippen LogP contribution is -2.46. The number of methoxy groups -OCH3 is 1. The Morgan fingerprint density at radius 2 is 2.11 bits per heavy atom. The van der Waals surface area contributed by atoms with Crippen LogP contribution in [0.15, 0.2) is 24.3 Å². The van der Waals surface area contributed by atoms with Gasteiger partial charge in [0.1, 0.15) is 5.75 Å². The van der Waals surface area contributed by atoms with Crippen molar-refractivity contribution in [2.24, 2.45) is 5.73 Å². The van der Waals surface area contributed by atoms with E-state index in [0.29, 0.717) is 6.04 Å². The molecule has 1 fully saturated rings. The predicted molar refractivity (Wildman–Crippen MR) is 75.4 cm³/mol. The maximum atomic E-state index is 11.3. The smallest absolute Gasteiger partial charge is 0.236 e. The van der Waals surface area contributed by atoms with Crippen LogP contribution >= 0.6 is 0 Å². The van der Waals surface area contributed by atoms with Crippen molar-refractivity contribution >= 4 is 11.6 Å². The first-order chi connectivity index (χ1) is 9.22. The number of nitrogens with one attached hydrogen (secondary N) is 1. The number of primary amides is 1. The van der Waals surface area contributed by atoms with Crippen LogP contribution < -0.4 is 20.7 Å². The van der Waals surface area contributed by atoms with E-state index in [2.05, 4.69) is 10.2 Å². The van der Waals surface area contributed by atoms with Crippen molar-refractivity contribution in [3.05, 3.63) is 24.3 Å². The van der Waals surface area contributed by atoms with E-state index < -0.39 is 0 Å². The molecule has 3 N–H and O–H groups in total. The number of benzene rings is 1. The summed E-state index contributed by atoms with van der Waals surface area (Å²) in [6, 6.07) is 8.08. The second kappa shape index (κ2) is 6.43. The van der Waals surface area contributed by atoms with Crippen LogP contribution in [0.4, 0.5) is 5.69 Å². The first kappa shape index (κ1) is 13.7. The fourth-order valence-electron chi connectivity index (χ4n) is 2.56. The highest BCUT2D eigenvalue weighted by Gasteiger charge is 2.24. The third-order valence-electron chi connectivity index (χ3n) is 3.47. The van der Waals surface area contributed by atoms with Gasteiger partial charge >= 0.3 is 0 Å². The lowest BCUT2D eigenvalue weighted by Gasteiger charge is -2.36. The van der Waals surface area contributed by atoms with E-state index in [4.69, 9.17) is 10.5 Å². The van der Waals surface area contributed by atoms with Crippen molar-refractivity contribution in [1.29, 1.82) is 0 Å². The molecule has 1 aromatic carbocycles. The normalized spacial score (nSPS) is 16.1. The molecule has 1 aliphatic rings. The molecule has 0 spiro atoms. The van der Waals surface area contributed by atoms with E-state index in [-0.39, 0.29) is 12.5 Å². The molecule has 1 heterocycles. The number of carbonyl (C=O) groups is 1. The summed E-state index contributed by atoms with van der Waals surface area (Å²) in [7, 11) is 1.64. The van der Waals surface area contributed by atoms with Crippen molar-refractivity contribution in [1.82, 2.24) is 5.32 Å². The summed E-state index contributed by atoms with van der Waals surface area (Å²) in [6.07, 6.45) is 2.01. The Morgan fingerprint density at radius 1 is 1.42 bits per heavy atom. The highest BCUT2D eigenvalue weighted by Crippen LogP contribution is 2.30. The third-order valence-corrected chi connectivity index (χ3v) is 3.47. The summed E-state index contributed by atoms with van der Waals surface area (Å²) < 4.78 is 5.39. The number of rotatable bonds is 5. The molecule has 0 bridgehead atoms. The molecule has 19 heavy (non-hydrogen) atoms. The van der Waals surface area contributed by atoms with Gasteiger partial charge in [0.2, 0.25) is 5.91 Å². The molecule has 0 unspecified atom stereocenters. The molecule has 0 radical (unpaired) electrons. The van der Waals surface area contributed by atoms with E-state index in [9.17, 15) is 4.79 Å². The lowest BCUT2D eigenvalue weighted by molar-refractivity contribution is -0.116. The first-order valence-corrected chi connectivity index (χ1v) is 6.61. The first-order valence-electron chi connectivity index (χ1n) is 6.61. The Labute approximate surface area is 113 Å². The van der Waals surface area contributed by atoms with Gasteiger partial charge in [0, 0.05) is 6.04 Å². The quantitative estimate of drug-likeness (QED) is 0.822. The maximum absolute atomic E-state index is 11.3. The molecule has 1 amide bonds. The van der Waals surface area contributed by atoms with Crippen LogP contribution in [-0.2, 0) is 4.79 Å². The zero-order valence-corrected chi connectivity index (χ0v) is 11.3. The molecule has 1 saturated heterocycles. The average Bonchev–Trinajstić information content (AvgIpc) is 2.45. The molecule has 0 saturated carbocycles. The Kier molecular flexibility index (Phi) is 4.63. The number of nitrogens with two attached hydrogens (primary N) is 1. The molecule has 0 atom stereocenters. The average molecular weight is 263 g/mol. The van der Waals surface area contributed by atoms with Gasteiger partial charge in [-0.25, -0.2) is 0 Å². The van der Waals surface area contributed by atoms with Crippen LogP contribution in [-0.4, -0.2) is 38.7 Å². The van der Waals surface area contributed by atoms with Crippen LogP contribution in [0.2, 0.25) is 0 Å². The summed E-state index contributed by atoms with van der Waals surface area (Å²) in [6.45, 7) is 2.16. The van der Waals surface area contributed by atoms with Gasteiger partial charge in [0.15, 0.2) is 0 Å². The second-order valence-corrected chi connectivity index (χ2v) is 4.75. The van der Waals surface area contributed by atoms with Gasteiger partial charge in [-0.1, -0.05) is 12.1 Å². The Morgan fingerprint density at radius 3 is 2.74 bits per heavy atom. The van der Waals surface area contributed by atoms with E-state index in [1.165, 1.54) is 0 Å². The van der Waals surface area contributed by atoms with Gasteiger partial charge < -0.3 is 20.7 Å². The summed E-state index contributed by atoms with van der Waals surface area (Å²) in [4.78, 5) is 13.4. The van der Waals surface area contributed by atoms with Gasteiger partial charge in [-0.05, 0) is 38.1 Å². The van der Waals surface area contributed by atoms with Gasteiger partial charge in [0.05, 0.1) is 19.3 Å². The summed E-state index contributed by atoms with van der Waals surface area (Å²) in [5.74, 6) is 0.465. The van der Waals surface area contributed by atoms with Crippen LogP contribution in [0.1, 0.15) is 12.8 Å². The minimum Gasteiger partial charge on any atom is -0.495 e. The number of hydrogen-bond donors (Lipinski definition) is 2. The van der Waals surface area contributed by atoms with Crippen LogP contribution in [0.25, 0.3) is 0 Å². The molecular formula is C14H21N3O2. The molecule has 0 aromatic heterocycles. The van der Waals surface area contributed by atoms with Gasteiger partial charge in [-0.15, -0.1) is 0 Å². The van der Waals surface area contributed by atoms with E-state index in [1.807, 2.05) is 24.3 Å². The van der Waals surface area contributed by atoms with E-state index in [1.54, 1.807) is 7.11 Å². The molecular weight excluding hydrogens is 242 g/mol. The van der Waals surface area contributed by atoms with Crippen LogP contribution in [0.3, 0.4) is 0 Å². The molecule has 5 heteroatoms. The van der Waals surface area contributed by atoms with Crippen molar-refractivity contribution in [2.75, 3.05) is 31.6 Å². The number of amides is 1. The maximum Gasteiger partial charge on any atom is 0.236 e. The Hall–Kier alpha value is -1.75. The fraction of sp³-hybridized carbons (Fsp3) is 0.500. The summed E-state index contributed by atoms with van der Waals surface area (Å²) >= 11 is 0. The second-order valence-electron chi connectivity index (χ2n) is 4.75. The molecule has 104 valence electrons. The molecule has 0 aliphatic carbocycles. The van der Waals surface area contributed by atoms with Crippen LogP contribution in [0.5, 0.6) is 5.75 Å². The standard InChI is InChI=1S/C14H21N3O2/c1-19-13-5-3-2-4-12(13)17(10-14(15)18)11-6-8-16-9-7-11/h2-5,11,16H,6-10H2,1H3,(H2,15,18). The predicted octanol–water partition coefficient (Wildman–Crippen LogP) is 0.739. The molecule has 1 aliphatic heterocycles. The Balaban J connectivity index is 2.27. The molecule has 1 aromatic rings. The van der Waals surface area contributed by atoms with Crippen molar-refractivity contribution in [3.63, 3.8) is 0 Å². The lowest BCUT2D eigenvalue weighted by atomic mass is 10.0. The number of piperidine rings is 1. The molecule has 5 nitrogen and oxygen atoms in total. The monoisotopic (exact) mass is 263 g/mol. The summed E-state index contributed by atoms with van der Waals surface area (Å²) in [5.41, 5.74) is 6.33. The number of anilines is 1. The topological polar surface area (TPSA) is 67.6 Å². The third kappa shape index (κ3) is 3.38. The Bertz CT molecular complexity index is 430. The van der Waals surface area contributed by atoms with Crippen molar-refractivity contribution in [2.45, 2.75) is 18.9 Å². The number of carbonyl (C=O) groups excluding carboxylic acids is 1. The summed E-state index contributed by atoms with van der Waals surface area (Å²) in [5, 5.41) is 3.33. The SMILES string of the molecule is COc1ccccc1N(CC(N)=O)C1CCNCC1. The number of ether oxygens (including phenoxy) is 1. The van der Waals surface area contributed by atoms with Crippen molar-refractivity contribution in [3.8, 4) is 5.75 Å². The zero-order chi connectivity index (χ0) is 13.7. The minimum absolute atomic E-state index is 0.227. The van der Waals surface area contributed by atoms with Gasteiger partial charge in [-0.3, -0.25) is 4.79 Å². The van der Waals surface area contributed by atoms with E-state index >= 15 is 0 Å². The fourth-order valence-corrected chi connectivity index (χ4v) is 2.56. The number of hydrogen-bond acceptors (Lipinski definition) is 4. The van der Waals surface area contributed by atoms with Gasteiger partial charge in [0.25, 0.3) is 0 Å². The highest BCUT2D eigenvalue weighted by molar-refractivity contribution is 5.80. The number of para-hydroxylation sites is 2. The zero-order valence-electron chi connectivity index (χ0n) is 11.3. The number of nitrogens with zero attached hydrogens (tertiary/aromatic N) is 1. The molecule has 2 rings (SSSR count). The van der Waals surface area contributed by atoms with Crippen molar-refractivity contribution < 1.29 is 9.53 Å². The minimum atomic E-state index is -0.315. The largest absolute Gasteiger partial charge is 0.495 e.